The third-order valence-corrected chi connectivity index (χ3v) is 7.09. The molecule has 0 spiro atoms. The molecule has 2 aromatic heterocycles. The number of H-pyrrole nitrogens is 1. The molecule has 4 aromatic rings. The first-order valence-corrected chi connectivity index (χ1v) is 12.2. The van der Waals surface area contributed by atoms with Crippen molar-refractivity contribution in [2.45, 2.75) is 32.6 Å². The molecule has 0 bridgehead atoms. The van der Waals surface area contributed by atoms with Crippen LogP contribution in [-0.4, -0.2) is 41.1 Å². The minimum absolute atomic E-state index is 0.181. The number of unbranched alkanes of at least 4 members (excludes halogenated alkanes) is 2. The Morgan fingerprint density at radius 2 is 2.09 bits per heavy atom. The molecule has 0 amide bonds. The number of benzene rings is 2. The Kier molecular flexibility index (Phi) is 6.23. The molecule has 0 fully saturated rings. The second kappa shape index (κ2) is 9.43. The zero-order chi connectivity index (χ0) is 21.9. The number of fused-ring (bicyclic) bond motifs is 2. The van der Waals surface area contributed by atoms with Crippen LogP contribution in [0, 0.1) is 12.7 Å². The Balaban J connectivity index is 1.04. The molecular weight excluding hydrogens is 421 g/mol. The normalized spacial score (nSPS) is 14.9. The lowest BCUT2D eigenvalue weighted by Crippen LogP contribution is -2.29. The van der Waals surface area contributed by atoms with Gasteiger partial charge in [-0.15, -0.1) is 11.3 Å². The van der Waals surface area contributed by atoms with Crippen molar-refractivity contribution in [1.29, 1.82) is 0 Å². The summed E-state index contributed by atoms with van der Waals surface area (Å²) < 4.78 is 20.8. The van der Waals surface area contributed by atoms with Gasteiger partial charge in [0.2, 0.25) is 0 Å². The van der Waals surface area contributed by atoms with Crippen LogP contribution in [0.2, 0.25) is 0 Å². The van der Waals surface area contributed by atoms with Gasteiger partial charge in [-0.1, -0.05) is 6.08 Å². The van der Waals surface area contributed by atoms with Gasteiger partial charge in [0.1, 0.15) is 11.6 Å². The fourth-order valence-electron chi connectivity index (χ4n) is 4.43. The van der Waals surface area contributed by atoms with Crippen molar-refractivity contribution in [3.63, 3.8) is 0 Å². The maximum Gasteiger partial charge on any atom is 0.123 e. The number of nitrogens with zero attached hydrogens (tertiary/aromatic N) is 2. The highest BCUT2D eigenvalue weighted by molar-refractivity contribution is 7.18. The fraction of sp³-hybridized carbons (Fsp3) is 0.346. The summed E-state index contributed by atoms with van der Waals surface area (Å²) in [5.74, 6) is 0.729. The standard InChI is InChI=1S/C26H28FN3OS/c1-18-29-25-16-21(6-8-26(25)32-18)31-14-4-2-3-11-30-12-9-19(10-13-30)23-17-28-24-7-5-20(27)15-22(23)24/h5-9,15-17,28H,2-4,10-14H2,1H3. The van der Waals surface area contributed by atoms with Gasteiger partial charge in [-0.05, 0) is 75.1 Å². The van der Waals surface area contributed by atoms with Crippen molar-refractivity contribution < 1.29 is 9.13 Å². The molecule has 32 heavy (non-hydrogen) atoms. The molecule has 0 unspecified atom stereocenters. The van der Waals surface area contributed by atoms with Crippen molar-refractivity contribution in [3.8, 4) is 5.75 Å². The number of hydrogen-bond acceptors (Lipinski definition) is 4. The fourth-order valence-corrected chi connectivity index (χ4v) is 5.24. The second-order valence-corrected chi connectivity index (χ2v) is 9.68. The minimum atomic E-state index is -0.181. The van der Waals surface area contributed by atoms with E-state index in [-0.39, 0.29) is 5.82 Å². The number of aromatic nitrogens is 2. The smallest absolute Gasteiger partial charge is 0.123 e. The Labute approximate surface area is 191 Å². The molecular formula is C26H28FN3OS. The van der Waals surface area contributed by atoms with Gasteiger partial charge in [0, 0.05) is 41.8 Å². The van der Waals surface area contributed by atoms with E-state index >= 15 is 0 Å². The van der Waals surface area contributed by atoms with Gasteiger partial charge >= 0.3 is 0 Å². The first-order chi connectivity index (χ1) is 15.7. The van der Waals surface area contributed by atoms with Gasteiger partial charge < -0.3 is 9.72 Å². The first-order valence-electron chi connectivity index (χ1n) is 11.3. The van der Waals surface area contributed by atoms with Crippen molar-refractivity contribution in [2.75, 3.05) is 26.2 Å². The van der Waals surface area contributed by atoms with Crippen molar-refractivity contribution in [1.82, 2.24) is 14.9 Å². The number of nitrogens with one attached hydrogen (secondary N) is 1. The van der Waals surface area contributed by atoms with Crippen LogP contribution in [-0.2, 0) is 0 Å². The molecule has 0 saturated carbocycles. The van der Waals surface area contributed by atoms with Crippen LogP contribution in [0.3, 0.4) is 0 Å². The molecule has 2 aromatic carbocycles. The number of aromatic amines is 1. The molecule has 0 saturated heterocycles. The zero-order valence-electron chi connectivity index (χ0n) is 18.4. The van der Waals surface area contributed by atoms with E-state index in [0.717, 1.165) is 78.2 Å². The largest absolute Gasteiger partial charge is 0.494 e. The SMILES string of the molecule is Cc1nc2cc(OCCCCCN3CC=C(c4c[nH]c5ccc(F)cc45)CC3)ccc2s1. The number of hydrogen-bond donors (Lipinski definition) is 1. The van der Waals surface area contributed by atoms with E-state index in [2.05, 4.69) is 27.0 Å². The first kappa shape index (κ1) is 21.2. The van der Waals surface area contributed by atoms with Crippen LogP contribution in [0.1, 0.15) is 36.3 Å². The summed E-state index contributed by atoms with van der Waals surface area (Å²) in [5, 5.41) is 2.07. The predicted molar refractivity (Wildman–Crippen MR) is 131 cm³/mol. The number of thiazole rings is 1. The maximum absolute atomic E-state index is 13.7. The van der Waals surface area contributed by atoms with E-state index < -0.39 is 0 Å². The van der Waals surface area contributed by atoms with E-state index in [1.807, 2.05) is 31.3 Å². The summed E-state index contributed by atoms with van der Waals surface area (Å²) in [5.41, 5.74) is 4.48. The van der Waals surface area contributed by atoms with E-state index in [4.69, 9.17) is 4.74 Å². The Morgan fingerprint density at radius 1 is 1.16 bits per heavy atom. The van der Waals surface area contributed by atoms with Crippen LogP contribution >= 0.6 is 11.3 Å². The summed E-state index contributed by atoms with van der Waals surface area (Å²) in [4.78, 5) is 10.3. The van der Waals surface area contributed by atoms with Gasteiger partial charge in [0.05, 0.1) is 21.8 Å². The predicted octanol–water partition coefficient (Wildman–Crippen LogP) is 6.56. The highest BCUT2D eigenvalue weighted by atomic mass is 32.1. The molecule has 3 heterocycles. The molecule has 166 valence electrons. The zero-order valence-corrected chi connectivity index (χ0v) is 19.2. The number of ether oxygens (including phenoxy) is 1. The van der Waals surface area contributed by atoms with Crippen molar-refractivity contribution in [3.05, 3.63) is 65.1 Å². The number of rotatable bonds is 8. The van der Waals surface area contributed by atoms with Crippen LogP contribution in [0.15, 0.2) is 48.7 Å². The summed E-state index contributed by atoms with van der Waals surface area (Å²) in [6.45, 7) is 5.90. The van der Waals surface area contributed by atoms with E-state index in [0.29, 0.717) is 0 Å². The summed E-state index contributed by atoms with van der Waals surface area (Å²) in [7, 11) is 0. The van der Waals surface area contributed by atoms with Crippen LogP contribution in [0.4, 0.5) is 4.39 Å². The lowest BCUT2D eigenvalue weighted by Gasteiger charge is -2.26. The van der Waals surface area contributed by atoms with E-state index in [9.17, 15) is 4.39 Å². The third-order valence-electron chi connectivity index (χ3n) is 6.14. The number of aryl methyl sites for hydroxylation is 1. The maximum atomic E-state index is 13.7. The van der Waals surface area contributed by atoms with Gasteiger partial charge in [0.25, 0.3) is 0 Å². The average molecular weight is 450 g/mol. The highest BCUT2D eigenvalue weighted by Crippen LogP contribution is 2.30. The average Bonchev–Trinajstić information content (AvgIpc) is 3.38. The molecule has 5 rings (SSSR count). The lowest BCUT2D eigenvalue weighted by molar-refractivity contribution is 0.276. The monoisotopic (exact) mass is 449 g/mol. The van der Waals surface area contributed by atoms with Gasteiger partial charge in [-0.2, -0.15) is 0 Å². The lowest BCUT2D eigenvalue weighted by atomic mass is 9.98. The quantitative estimate of drug-likeness (QED) is 0.310. The third kappa shape index (κ3) is 4.71. The second-order valence-electron chi connectivity index (χ2n) is 8.44. The summed E-state index contributed by atoms with van der Waals surface area (Å²) in [6.07, 6.45) is 8.71. The molecule has 1 aliphatic rings. The van der Waals surface area contributed by atoms with Gasteiger partial charge in [0.15, 0.2) is 0 Å². The molecule has 6 heteroatoms. The number of halogens is 1. The summed E-state index contributed by atoms with van der Waals surface area (Å²) in [6, 6.07) is 11.1. The molecule has 0 aliphatic carbocycles. The molecule has 1 N–H and O–H groups in total. The van der Waals surface area contributed by atoms with E-state index in [1.165, 1.54) is 22.8 Å². The van der Waals surface area contributed by atoms with Gasteiger partial charge in [-0.25, -0.2) is 9.37 Å². The molecule has 0 atom stereocenters. The molecule has 1 aliphatic heterocycles. The minimum Gasteiger partial charge on any atom is -0.494 e. The molecule has 4 nitrogen and oxygen atoms in total. The van der Waals surface area contributed by atoms with Crippen molar-refractivity contribution in [2.24, 2.45) is 0 Å². The van der Waals surface area contributed by atoms with E-state index in [1.54, 1.807) is 17.4 Å². The summed E-state index contributed by atoms with van der Waals surface area (Å²) >= 11 is 1.72. The van der Waals surface area contributed by atoms with Crippen LogP contribution in [0.25, 0.3) is 26.7 Å². The van der Waals surface area contributed by atoms with Crippen molar-refractivity contribution >= 4 is 38.0 Å². The Morgan fingerprint density at radius 3 is 2.97 bits per heavy atom. The highest BCUT2D eigenvalue weighted by Gasteiger charge is 2.15. The van der Waals surface area contributed by atoms with Crippen LogP contribution in [0.5, 0.6) is 5.75 Å². The van der Waals surface area contributed by atoms with Crippen LogP contribution < -0.4 is 4.74 Å². The Hall–Kier alpha value is -2.70. The molecule has 0 radical (unpaired) electrons. The topological polar surface area (TPSA) is 41.1 Å². The van der Waals surface area contributed by atoms with Gasteiger partial charge in [-0.3, -0.25) is 4.90 Å². The Bertz CT molecular complexity index is 1260.